The third-order valence-electron chi connectivity index (χ3n) is 2.95. The van der Waals surface area contributed by atoms with E-state index in [9.17, 15) is 0 Å². The van der Waals surface area contributed by atoms with Crippen molar-refractivity contribution < 1.29 is 0 Å². The Bertz CT molecular complexity index is 312. The number of rotatable bonds is 6. The second-order valence-corrected chi connectivity index (χ2v) is 5.41. The SMILES string of the molecule is CCN(CCC1CC1)Cc1cnc(N)s1.Cl. The Hall–Kier alpha value is -0.320. The van der Waals surface area contributed by atoms with E-state index in [-0.39, 0.29) is 12.4 Å². The average molecular weight is 262 g/mol. The molecule has 16 heavy (non-hydrogen) atoms. The minimum atomic E-state index is 0. The van der Waals surface area contributed by atoms with Gasteiger partial charge in [-0.25, -0.2) is 4.98 Å². The second-order valence-electron chi connectivity index (χ2n) is 4.27. The molecule has 2 N–H and O–H groups in total. The Morgan fingerprint density at radius 2 is 2.31 bits per heavy atom. The highest BCUT2D eigenvalue weighted by molar-refractivity contribution is 7.15. The van der Waals surface area contributed by atoms with Crippen LogP contribution in [0.4, 0.5) is 5.13 Å². The molecule has 0 bridgehead atoms. The summed E-state index contributed by atoms with van der Waals surface area (Å²) in [7, 11) is 0. The predicted octanol–water partition coefficient (Wildman–Crippen LogP) is 2.77. The molecule has 1 heterocycles. The van der Waals surface area contributed by atoms with Gasteiger partial charge in [0.15, 0.2) is 5.13 Å². The van der Waals surface area contributed by atoms with Crippen molar-refractivity contribution in [2.45, 2.75) is 32.7 Å². The van der Waals surface area contributed by atoms with E-state index < -0.39 is 0 Å². The van der Waals surface area contributed by atoms with E-state index in [1.165, 1.54) is 30.7 Å². The fourth-order valence-electron chi connectivity index (χ4n) is 1.74. The largest absolute Gasteiger partial charge is 0.375 e. The summed E-state index contributed by atoms with van der Waals surface area (Å²) in [6.07, 6.45) is 6.16. The van der Waals surface area contributed by atoms with Gasteiger partial charge in [-0.1, -0.05) is 19.8 Å². The van der Waals surface area contributed by atoms with Crippen LogP contribution in [-0.2, 0) is 6.54 Å². The van der Waals surface area contributed by atoms with Crippen LogP contribution < -0.4 is 5.73 Å². The average Bonchev–Trinajstić information content (AvgIpc) is 2.97. The van der Waals surface area contributed by atoms with Crippen LogP contribution in [0.1, 0.15) is 31.1 Å². The van der Waals surface area contributed by atoms with Gasteiger partial charge >= 0.3 is 0 Å². The van der Waals surface area contributed by atoms with Crippen molar-refractivity contribution in [1.82, 2.24) is 9.88 Å². The van der Waals surface area contributed by atoms with Crippen molar-refractivity contribution in [1.29, 1.82) is 0 Å². The Morgan fingerprint density at radius 1 is 1.56 bits per heavy atom. The summed E-state index contributed by atoms with van der Waals surface area (Å²) < 4.78 is 0. The first kappa shape index (κ1) is 13.7. The molecule has 0 radical (unpaired) electrons. The maximum atomic E-state index is 5.62. The number of halogens is 1. The lowest BCUT2D eigenvalue weighted by Crippen LogP contribution is -2.23. The molecular weight excluding hydrogens is 242 g/mol. The van der Waals surface area contributed by atoms with Crippen LogP contribution in [0.2, 0.25) is 0 Å². The molecule has 0 amide bonds. The summed E-state index contributed by atoms with van der Waals surface area (Å²) in [4.78, 5) is 7.84. The zero-order valence-electron chi connectivity index (χ0n) is 9.69. The molecule has 0 aliphatic heterocycles. The van der Waals surface area contributed by atoms with Crippen molar-refractivity contribution in [3.8, 4) is 0 Å². The third kappa shape index (κ3) is 4.28. The van der Waals surface area contributed by atoms with Gasteiger partial charge < -0.3 is 5.73 Å². The molecule has 1 aliphatic rings. The van der Waals surface area contributed by atoms with Crippen LogP contribution in [0.3, 0.4) is 0 Å². The molecule has 0 atom stereocenters. The quantitative estimate of drug-likeness (QED) is 0.856. The molecule has 92 valence electrons. The minimum Gasteiger partial charge on any atom is -0.375 e. The molecular formula is C11H20ClN3S. The Kier molecular flexibility index (Phi) is 5.52. The molecule has 0 saturated heterocycles. The number of thiazole rings is 1. The highest BCUT2D eigenvalue weighted by atomic mass is 35.5. The topological polar surface area (TPSA) is 42.2 Å². The summed E-state index contributed by atoms with van der Waals surface area (Å²) in [6, 6.07) is 0. The van der Waals surface area contributed by atoms with Crippen LogP contribution in [0.5, 0.6) is 0 Å². The summed E-state index contributed by atoms with van der Waals surface area (Å²) in [5.74, 6) is 1.02. The minimum absolute atomic E-state index is 0. The number of hydrogen-bond acceptors (Lipinski definition) is 4. The van der Waals surface area contributed by atoms with Crippen LogP contribution in [0.15, 0.2) is 6.20 Å². The van der Waals surface area contributed by atoms with E-state index in [4.69, 9.17) is 5.73 Å². The molecule has 1 aliphatic carbocycles. The Balaban J connectivity index is 0.00000128. The van der Waals surface area contributed by atoms with Crippen LogP contribution in [0, 0.1) is 5.92 Å². The summed E-state index contributed by atoms with van der Waals surface area (Å²) in [5.41, 5.74) is 5.62. The Labute approximate surface area is 107 Å². The molecule has 1 saturated carbocycles. The van der Waals surface area contributed by atoms with Crippen molar-refractivity contribution in [3.05, 3.63) is 11.1 Å². The molecule has 1 aromatic rings. The van der Waals surface area contributed by atoms with Crippen LogP contribution >= 0.6 is 23.7 Å². The lowest BCUT2D eigenvalue weighted by molar-refractivity contribution is 0.273. The highest BCUT2D eigenvalue weighted by Gasteiger charge is 2.21. The molecule has 1 fully saturated rings. The Morgan fingerprint density at radius 3 is 2.81 bits per heavy atom. The standard InChI is InChI=1S/C11H19N3S.ClH/c1-2-14(6-5-9-3-4-9)8-10-7-13-11(12)15-10;/h7,9H,2-6,8H2,1H3,(H2,12,13);1H. The van der Waals surface area contributed by atoms with Crippen LogP contribution in [0.25, 0.3) is 0 Å². The van der Waals surface area contributed by atoms with Gasteiger partial charge in [0.25, 0.3) is 0 Å². The van der Waals surface area contributed by atoms with Gasteiger partial charge in [0.05, 0.1) is 0 Å². The third-order valence-corrected chi connectivity index (χ3v) is 3.76. The van der Waals surface area contributed by atoms with E-state index in [1.807, 2.05) is 6.20 Å². The maximum Gasteiger partial charge on any atom is 0.180 e. The zero-order chi connectivity index (χ0) is 10.7. The normalized spacial score (nSPS) is 15.1. The van der Waals surface area contributed by atoms with Gasteiger partial charge in [-0.05, 0) is 25.4 Å². The number of nitrogen functional groups attached to an aromatic ring is 1. The predicted molar refractivity (Wildman–Crippen MR) is 72.1 cm³/mol. The first-order chi connectivity index (χ1) is 7.28. The summed E-state index contributed by atoms with van der Waals surface area (Å²) in [6.45, 7) is 5.57. The summed E-state index contributed by atoms with van der Waals surface area (Å²) in [5, 5.41) is 0.684. The smallest absolute Gasteiger partial charge is 0.180 e. The molecule has 2 rings (SSSR count). The fraction of sp³-hybridized carbons (Fsp3) is 0.727. The lowest BCUT2D eigenvalue weighted by Gasteiger charge is -2.18. The van der Waals surface area contributed by atoms with Gasteiger partial charge in [-0.2, -0.15) is 0 Å². The fourth-order valence-corrected chi connectivity index (χ4v) is 2.46. The van der Waals surface area contributed by atoms with Crippen molar-refractivity contribution >= 4 is 28.9 Å². The zero-order valence-corrected chi connectivity index (χ0v) is 11.3. The number of nitrogens with two attached hydrogens (primary N) is 1. The van der Waals surface area contributed by atoms with Crippen molar-refractivity contribution in [2.75, 3.05) is 18.8 Å². The van der Waals surface area contributed by atoms with Gasteiger partial charge in [0.2, 0.25) is 0 Å². The molecule has 1 aromatic heterocycles. The van der Waals surface area contributed by atoms with Crippen LogP contribution in [-0.4, -0.2) is 23.0 Å². The van der Waals surface area contributed by atoms with E-state index in [1.54, 1.807) is 11.3 Å². The molecule has 0 spiro atoms. The first-order valence-electron chi connectivity index (χ1n) is 5.70. The first-order valence-corrected chi connectivity index (χ1v) is 6.52. The molecule has 0 aromatic carbocycles. The number of nitrogens with zero attached hydrogens (tertiary/aromatic N) is 2. The molecule has 5 heteroatoms. The van der Waals surface area contributed by atoms with E-state index in [0.29, 0.717) is 5.13 Å². The molecule has 3 nitrogen and oxygen atoms in total. The van der Waals surface area contributed by atoms with Gasteiger partial charge in [-0.3, -0.25) is 4.90 Å². The monoisotopic (exact) mass is 261 g/mol. The van der Waals surface area contributed by atoms with Gasteiger partial charge in [-0.15, -0.1) is 23.7 Å². The summed E-state index contributed by atoms with van der Waals surface area (Å²) >= 11 is 1.61. The van der Waals surface area contributed by atoms with Crippen molar-refractivity contribution in [2.24, 2.45) is 5.92 Å². The van der Waals surface area contributed by atoms with Gasteiger partial charge in [0.1, 0.15) is 0 Å². The van der Waals surface area contributed by atoms with Crippen molar-refractivity contribution in [3.63, 3.8) is 0 Å². The van der Waals surface area contributed by atoms with E-state index in [0.717, 1.165) is 19.0 Å². The highest BCUT2D eigenvalue weighted by Crippen LogP contribution is 2.32. The number of aromatic nitrogens is 1. The number of anilines is 1. The lowest BCUT2D eigenvalue weighted by atomic mass is 10.2. The maximum absolute atomic E-state index is 5.62. The van der Waals surface area contributed by atoms with E-state index >= 15 is 0 Å². The second kappa shape index (κ2) is 6.42. The molecule has 0 unspecified atom stereocenters. The van der Waals surface area contributed by atoms with Gasteiger partial charge in [0, 0.05) is 17.6 Å². The van der Waals surface area contributed by atoms with E-state index in [2.05, 4.69) is 16.8 Å². The number of hydrogen-bond donors (Lipinski definition) is 1.